The summed E-state index contributed by atoms with van der Waals surface area (Å²) in [6.07, 6.45) is 0.465. The minimum Gasteiger partial charge on any atom is -0.510 e. The van der Waals surface area contributed by atoms with E-state index in [0.29, 0.717) is 33.8 Å². The highest BCUT2D eigenvalue weighted by molar-refractivity contribution is 6.10. The molecule has 6 heteroatoms. The van der Waals surface area contributed by atoms with Crippen molar-refractivity contribution in [1.82, 2.24) is 15.2 Å². The molecular formula is C15H12FN3O2. The molecule has 2 N–H and O–H groups in total. The summed E-state index contributed by atoms with van der Waals surface area (Å²) in [4.78, 5) is 15.1. The number of aromatic amines is 1. The maximum Gasteiger partial charge on any atom is 0.296 e. The van der Waals surface area contributed by atoms with E-state index in [-0.39, 0.29) is 11.1 Å². The topological polar surface area (TPSA) is 78.9 Å². The zero-order chi connectivity index (χ0) is 14.9. The maximum atomic E-state index is 13.7. The highest BCUT2D eigenvalue weighted by Gasteiger charge is 2.32. The second-order valence-corrected chi connectivity index (χ2v) is 6.11. The summed E-state index contributed by atoms with van der Waals surface area (Å²) in [5.41, 5.74) is 0.0181. The molecule has 1 aliphatic rings. The summed E-state index contributed by atoms with van der Waals surface area (Å²) in [7, 11) is 0. The minimum atomic E-state index is -0.569. The van der Waals surface area contributed by atoms with E-state index < -0.39 is 16.8 Å². The molecule has 0 fully saturated rings. The number of nitrogens with zero attached hydrogens (tertiary/aromatic N) is 2. The number of halogens is 1. The van der Waals surface area contributed by atoms with Gasteiger partial charge in [-0.2, -0.15) is 5.10 Å². The Kier molecular flexibility index (Phi) is 2.09. The van der Waals surface area contributed by atoms with E-state index in [0.717, 1.165) is 6.07 Å². The van der Waals surface area contributed by atoms with Crippen molar-refractivity contribution in [1.29, 1.82) is 0 Å². The first-order valence-corrected chi connectivity index (χ1v) is 6.63. The van der Waals surface area contributed by atoms with Gasteiger partial charge in [-0.25, -0.2) is 4.39 Å². The van der Waals surface area contributed by atoms with Crippen molar-refractivity contribution in [2.24, 2.45) is 5.41 Å². The Labute approximate surface area is 118 Å². The van der Waals surface area contributed by atoms with Crippen LogP contribution in [-0.2, 0) is 6.42 Å². The lowest BCUT2D eigenvalue weighted by Gasteiger charge is -2.25. The second kappa shape index (κ2) is 3.58. The second-order valence-electron chi connectivity index (χ2n) is 6.11. The van der Waals surface area contributed by atoms with Crippen LogP contribution in [0.3, 0.4) is 0 Å². The van der Waals surface area contributed by atoms with E-state index in [4.69, 9.17) is 0 Å². The molecule has 1 aromatic carbocycles. The molecule has 0 bridgehead atoms. The third-order valence-electron chi connectivity index (χ3n) is 4.13. The van der Waals surface area contributed by atoms with E-state index >= 15 is 0 Å². The quantitative estimate of drug-likeness (QED) is 0.657. The molecule has 0 amide bonds. The van der Waals surface area contributed by atoms with Crippen LogP contribution in [0, 0.1) is 11.2 Å². The van der Waals surface area contributed by atoms with Crippen LogP contribution in [-0.4, -0.2) is 20.3 Å². The Bertz CT molecular complexity index is 1040. The summed E-state index contributed by atoms with van der Waals surface area (Å²) in [6, 6.07) is 2.48. The number of hydrogen-bond acceptors (Lipinski definition) is 4. The molecule has 2 aromatic heterocycles. The molecule has 0 spiro atoms. The number of hydrogen-bond donors (Lipinski definition) is 2. The van der Waals surface area contributed by atoms with E-state index in [2.05, 4.69) is 15.2 Å². The lowest BCUT2D eigenvalue weighted by molar-refractivity contribution is 0.337. The predicted octanol–water partition coefficient (Wildman–Crippen LogP) is 1.58. The van der Waals surface area contributed by atoms with Crippen LogP contribution < -0.4 is 10.9 Å². The third kappa shape index (κ3) is 1.47. The maximum absolute atomic E-state index is 13.7. The fourth-order valence-electron chi connectivity index (χ4n) is 3.11. The first kappa shape index (κ1) is 12.3. The van der Waals surface area contributed by atoms with Crippen molar-refractivity contribution in [3.05, 3.63) is 39.3 Å². The largest absolute Gasteiger partial charge is 0.510 e. The van der Waals surface area contributed by atoms with E-state index in [1.165, 1.54) is 6.07 Å². The molecule has 3 aromatic rings. The van der Waals surface area contributed by atoms with E-state index in [1.54, 1.807) is 0 Å². The molecule has 0 aliphatic heterocycles. The van der Waals surface area contributed by atoms with Gasteiger partial charge in [0.05, 0.1) is 21.9 Å². The zero-order valence-electron chi connectivity index (χ0n) is 11.5. The third-order valence-corrected chi connectivity index (χ3v) is 4.13. The summed E-state index contributed by atoms with van der Waals surface area (Å²) >= 11 is 0. The lowest BCUT2D eigenvalue weighted by Crippen LogP contribution is -2.29. The molecule has 4 rings (SSSR count). The Morgan fingerprint density at radius 2 is 2.05 bits per heavy atom. The van der Waals surface area contributed by atoms with Gasteiger partial charge in [-0.15, -0.1) is 5.10 Å². The fraction of sp³-hybridized carbons (Fsp3) is 0.267. The van der Waals surface area contributed by atoms with Crippen LogP contribution in [0.2, 0.25) is 0 Å². The Morgan fingerprint density at radius 3 is 2.81 bits per heavy atom. The normalized spacial score (nSPS) is 16.8. The van der Waals surface area contributed by atoms with E-state index in [9.17, 15) is 14.3 Å². The Hall–Kier alpha value is -2.50. The molecule has 5 nitrogen and oxygen atoms in total. The van der Waals surface area contributed by atoms with Gasteiger partial charge in [-0.1, -0.05) is 13.8 Å². The summed E-state index contributed by atoms with van der Waals surface area (Å²) < 4.78 is 13.7. The van der Waals surface area contributed by atoms with Crippen molar-refractivity contribution in [2.75, 3.05) is 0 Å². The summed E-state index contributed by atoms with van der Waals surface area (Å²) in [5, 5.41) is 20.1. The van der Waals surface area contributed by atoms with Crippen LogP contribution in [0.5, 0.6) is 0 Å². The van der Waals surface area contributed by atoms with Crippen LogP contribution in [0.4, 0.5) is 4.39 Å². The van der Waals surface area contributed by atoms with Crippen LogP contribution in [0.15, 0.2) is 16.9 Å². The smallest absolute Gasteiger partial charge is 0.296 e. The van der Waals surface area contributed by atoms with Gasteiger partial charge in [0, 0.05) is 22.6 Å². The standard InChI is InChI=1S/C15H12FN3O2/c1-15(2)5-9-11-10-7(14(21)19-18-9)3-6(16)4-8(10)17-12(11)13(15)20/h3-4,17,20H,5H2,1-2H3. The zero-order valence-corrected chi connectivity index (χ0v) is 11.5. The molecule has 106 valence electrons. The van der Waals surface area contributed by atoms with Gasteiger partial charge in [-0.05, 0) is 12.1 Å². The molecule has 0 saturated heterocycles. The molecule has 1 aliphatic carbocycles. The number of nitrogens with one attached hydrogen (secondary N) is 1. The van der Waals surface area contributed by atoms with Crippen LogP contribution in [0.25, 0.3) is 27.4 Å². The van der Waals surface area contributed by atoms with Gasteiger partial charge in [0.25, 0.3) is 5.56 Å². The number of H-pyrrole nitrogens is 1. The van der Waals surface area contributed by atoms with Gasteiger partial charge >= 0.3 is 0 Å². The van der Waals surface area contributed by atoms with Gasteiger partial charge in [0.15, 0.2) is 0 Å². The summed E-state index contributed by atoms with van der Waals surface area (Å²) in [5.74, 6) is -0.338. The van der Waals surface area contributed by atoms with E-state index in [1.807, 2.05) is 13.8 Å². The lowest BCUT2D eigenvalue weighted by atomic mass is 9.81. The first-order valence-electron chi connectivity index (χ1n) is 6.63. The molecule has 0 radical (unpaired) electrons. The van der Waals surface area contributed by atoms with Crippen LogP contribution in [0.1, 0.15) is 19.5 Å². The SMILES string of the molecule is CC1(C)Cc2nnc(=O)c3cc(F)cc4[nH]c(c2c43)=C1O. The van der Waals surface area contributed by atoms with Crippen LogP contribution >= 0.6 is 0 Å². The number of aromatic nitrogens is 3. The number of aliphatic hydroxyl groups excluding tert-OH is 1. The van der Waals surface area contributed by atoms with Gasteiger partial charge < -0.3 is 10.1 Å². The van der Waals surface area contributed by atoms with Crippen molar-refractivity contribution >= 4 is 27.4 Å². The Balaban J connectivity index is 2.44. The number of aliphatic hydroxyl groups is 1. The van der Waals surface area contributed by atoms with Gasteiger partial charge in [-0.3, -0.25) is 4.79 Å². The van der Waals surface area contributed by atoms with Crippen molar-refractivity contribution in [3.8, 4) is 0 Å². The summed E-state index contributed by atoms with van der Waals surface area (Å²) in [6.45, 7) is 3.76. The average Bonchev–Trinajstić information content (AvgIpc) is 2.72. The van der Waals surface area contributed by atoms with Crippen molar-refractivity contribution < 1.29 is 9.50 Å². The predicted molar refractivity (Wildman–Crippen MR) is 76.4 cm³/mol. The monoisotopic (exact) mass is 285 g/mol. The van der Waals surface area contributed by atoms with Crippen molar-refractivity contribution in [2.45, 2.75) is 20.3 Å². The molecule has 2 heterocycles. The fourth-order valence-corrected chi connectivity index (χ4v) is 3.11. The molecular weight excluding hydrogens is 273 g/mol. The van der Waals surface area contributed by atoms with Crippen molar-refractivity contribution in [3.63, 3.8) is 0 Å². The average molecular weight is 285 g/mol. The molecule has 0 unspecified atom stereocenters. The molecule has 0 atom stereocenters. The Morgan fingerprint density at radius 1 is 1.29 bits per heavy atom. The van der Waals surface area contributed by atoms with Gasteiger partial charge in [0.2, 0.25) is 0 Å². The highest BCUT2D eigenvalue weighted by atomic mass is 19.1. The highest BCUT2D eigenvalue weighted by Crippen LogP contribution is 2.35. The number of rotatable bonds is 0. The minimum absolute atomic E-state index is 0.175. The molecule has 21 heavy (non-hydrogen) atoms. The first-order chi connectivity index (χ1) is 9.88. The van der Waals surface area contributed by atoms with Gasteiger partial charge in [0.1, 0.15) is 11.6 Å². The molecule has 0 saturated carbocycles. The number of benzene rings is 1.